The highest BCUT2D eigenvalue weighted by Gasteiger charge is 2.34. The average Bonchev–Trinajstić information content (AvgIpc) is 2.60. The van der Waals surface area contributed by atoms with Gasteiger partial charge >= 0.3 is 6.18 Å². The van der Waals surface area contributed by atoms with Gasteiger partial charge in [0.05, 0.1) is 0 Å². The van der Waals surface area contributed by atoms with Crippen molar-refractivity contribution in [3.63, 3.8) is 0 Å². The summed E-state index contributed by atoms with van der Waals surface area (Å²) in [6.45, 7) is 1.94. The number of hydrogen-bond acceptors (Lipinski definition) is 4. The normalized spacial score (nSPS) is 11.4. The van der Waals surface area contributed by atoms with Crippen LogP contribution in [0.5, 0.6) is 11.6 Å². The Bertz CT molecular complexity index is 950. The fourth-order valence-corrected chi connectivity index (χ4v) is 3.34. The molecule has 1 heterocycles. The summed E-state index contributed by atoms with van der Waals surface area (Å²) in [6.07, 6.45) is -4.60. The lowest BCUT2D eigenvalue weighted by molar-refractivity contribution is -0.141. The van der Waals surface area contributed by atoms with E-state index in [0.717, 1.165) is 29.0 Å². The van der Waals surface area contributed by atoms with Crippen LogP contribution in [0.15, 0.2) is 59.8 Å². The van der Waals surface area contributed by atoms with Crippen molar-refractivity contribution >= 4 is 23.4 Å². The molecule has 0 saturated carbocycles. The van der Waals surface area contributed by atoms with Crippen LogP contribution < -0.4 is 4.74 Å². The Morgan fingerprint density at radius 2 is 1.81 bits per heavy atom. The van der Waals surface area contributed by atoms with E-state index in [0.29, 0.717) is 16.5 Å². The molecule has 0 unspecified atom stereocenters. The predicted octanol–water partition coefficient (Wildman–Crippen LogP) is 6.54. The molecule has 0 radical (unpaired) electrons. The van der Waals surface area contributed by atoms with Gasteiger partial charge in [-0.1, -0.05) is 53.7 Å². The van der Waals surface area contributed by atoms with Gasteiger partial charge in [-0.2, -0.15) is 18.2 Å². The summed E-state index contributed by atoms with van der Waals surface area (Å²) in [7, 11) is 0. The van der Waals surface area contributed by atoms with E-state index in [1.54, 1.807) is 18.2 Å². The van der Waals surface area contributed by atoms with Crippen LogP contribution in [0, 0.1) is 6.92 Å². The summed E-state index contributed by atoms with van der Waals surface area (Å²) in [4.78, 5) is 7.73. The summed E-state index contributed by atoms with van der Waals surface area (Å²) < 4.78 is 45.1. The van der Waals surface area contributed by atoms with Crippen molar-refractivity contribution in [2.45, 2.75) is 24.0 Å². The molecule has 0 aliphatic rings. The molecule has 1 aromatic heterocycles. The van der Waals surface area contributed by atoms with Crippen molar-refractivity contribution < 1.29 is 17.9 Å². The van der Waals surface area contributed by atoms with Crippen LogP contribution >= 0.6 is 23.4 Å². The first-order valence-electron chi connectivity index (χ1n) is 7.88. The van der Waals surface area contributed by atoms with Gasteiger partial charge in [0.1, 0.15) is 5.75 Å². The summed E-state index contributed by atoms with van der Waals surface area (Å²) in [5.41, 5.74) is 0.995. The molecule has 0 atom stereocenters. The monoisotopic (exact) mass is 410 g/mol. The second-order valence-corrected chi connectivity index (χ2v) is 7.03. The van der Waals surface area contributed by atoms with Crippen LogP contribution in [0.2, 0.25) is 5.02 Å². The Morgan fingerprint density at radius 3 is 2.52 bits per heavy atom. The lowest BCUT2D eigenvalue weighted by atomic mass is 10.1. The fourth-order valence-electron chi connectivity index (χ4n) is 2.23. The first-order chi connectivity index (χ1) is 12.8. The second kappa shape index (κ2) is 8.19. The van der Waals surface area contributed by atoms with Gasteiger partial charge in [-0.15, -0.1) is 0 Å². The topological polar surface area (TPSA) is 35.0 Å². The number of ether oxygens (including phenoxy) is 1. The van der Waals surface area contributed by atoms with Gasteiger partial charge in [0.2, 0.25) is 5.88 Å². The summed E-state index contributed by atoms with van der Waals surface area (Å²) in [6, 6.07) is 14.8. The molecular weight excluding hydrogens is 397 g/mol. The maximum Gasteiger partial charge on any atom is 0.433 e. The molecular formula is C19H14ClF3N2OS. The van der Waals surface area contributed by atoms with E-state index in [4.69, 9.17) is 16.3 Å². The molecule has 0 spiro atoms. The Balaban J connectivity index is 1.87. The molecule has 0 amide bonds. The quantitative estimate of drug-likeness (QED) is 0.353. The molecule has 3 rings (SSSR count). The van der Waals surface area contributed by atoms with E-state index in [2.05, 4.69) is 9.97 Å². The standard InChI is InChI=1S/C19H14ClF3N2OS/c1-12-5-2-3-6-13(12)11-27-18-24-16(19(21,22)23)10-17(25-18)26-15-8-4-7-14(20)9-15/h2-10H,11H2,1H3. The van der Waals surface area contributed by atoms with Crippen LogP contribution in [-0.2, 0) is 11.9 Å². The van der Waals surface area contributed by atoms with Crippen LogP contribution in [0.25, 0.3) is 0 Å². The Labute approximate surface area is 163 Å². The minimum atomic E-state index is -4.60. The van der Waals surface area contributed by atoms with Gasteiger partial charge in [0, 0.05) is 16.8 Å². The van der Waals surface area contributed by atoms with Gasteiger partial charge < -0.3 is 4.74 Å². The number of nitrogens with zero attached hydrogens (tertiary/aromatic N) is 2. The van der Waals surface area contributed by atoms with Crippen molar-refractivity contribution in [1.82, 2.24) is 9.97 Å². The largest absolute Gasteiger partial charge is 0.439 e. The molecule has 0 fully saturated rings. The van der Waals surface area contributed by atoms with Crippen molar-refractivity contribution in [1.29, 1.82) is 0 Å². The Morgan fingerprint density at radius 1 is 1.04 bits per heavy atom. The van der Waals surface area contributed by atoms with Crippen molar-refractivity contribution in [3.8, 4) is 11.6 Å². The number of rotatable bonds is 5. The van der Waals surface area contributed by atoms with Gasteiger partial charge in [-0.25, -0.2) is 4.98 Å². The molecule has 3 aromatic rings. The highest BCUT2D eigenvalue weighted by molar-refractivity contribution is 7.98. The van der Waals surface area contributed by atoms with Crippen LogP contribution in [0.4, 0.5) is 13.2 Å². The third kappa shape index (κ3) is 5.37. The van der Waals surface area contributed by atoms with Crippen LogP contribution in [-0.4, -0.2) is 9.97 Å². The summed E-state index contributed by atoms with van der Waals surface area (Å²) >= 11 is 7.00. The van der Waals surface area contributed by atoms with Crippen molar-refractivity contribution in [2.24, 2.45) is 0 Å². The van der Waals surface area contributed by atoms with Crippen molar-refractivity contribution in [3.05, 3.63) is 76.4 Å². The predicted molar refractivity (Wildman–Crippen MR) is 99.3 cm³/mol. The van der Waals surface area contributed by atoms with Gasteiger partial charge in [-0.05, 0) is 36.2 Å². The van der Waals surface area contributed by atoms with Crippen molar-refractivity contribution in [2.75, 3.05) is 0 Å². The Hall–Kier alpha value is -2.25. The SMILES string of the molecule is Cc1ccccc1CSc1nc(Oc2cccc(Cl)c2)cc(C(F)(F)F)n1. The second-order valence-electron chi connectivity index (χ2n) is 5.65. The zero-order chi connectivity index (χ0) is 19.4. The number of thioether (sulfide) groups is 1. The van der Waals surface area contributed by atoms with Crippen LogP contribution in [0.3, 0.4) is 0 Å². The Kier molecular flexibility index (Phi) is 5.92. The van der Waals surface area contributed by atoms with Crippen LogP contribution in [0.1, 0.15) is 16.8 Å². The maximum absolute atomic E-state index is 13.2. The fraction of sp³-hybridized carbons (Fsp3) is 0.158. The molecule has 0 aliphatic heterocycles. The van der Waals surface area contributed by atoms with E-state index >= 15 is 0 Å². The molecule has 0 bridgehead atoms. The van der Waals surface area contributed by atoms with E-state index in [9.17, 15) is 13.2 Å². The molecule has 0 aliphatic carbocycles. The molecule has 0 saturated heterocycles. The highest BCUT2D eigenvalue weighted by atomic mass is 35.5. The zero-order valence-electron chi connectivity index (χ0n) is 14.1. The van der Waals surface area contributed by atoms with E-state index in [-0.39, 0.29) is 11.0 Å². The lowest BCUT2D eigenvalue weighted by Gasteiger charge is -2.11. The molecule has 140 valence electrons. The first-order valence-corrected chi connectivity index (χ1v) is 9.24. The van der Waals surface area contributed by atoms with E-state index in [1.807, 2.05) is 31.2 Å². The summed E-state index contributed by atoms with van der Waals surface area (Å²) in [5, 5.41) is 0.400. The molecule has 0 N–H and O–H groups in total. The molecule has 27 heavy (non-hydrogen) atoms. The smallest absolute Gasteiger partial charge is 0.433 e. The zero-order valence-corrected chi connectivity index (χ0v) is 15.7. The van der Waals surface area contributed by atoms with Gasteiger partial charge in [-0.3, -0.25) is 0 Å². The first kappa shape index (κ1) is 19.5. The number of aromatic nitrogens is 2. The summed E-state index contributed by atoms with van der Waals surface area (Å²) in [5.74, 6) is 0.556. The molecule has 8 heteroatoms. The van der Waals surface area contributed by atoms with Gasteiger partial charge in [0.15, 0.2) is 10.9 Å². The van der Waals surface area contributed by atoms with Gasteiger partial charge in [0.25, 0.3) is 0 Å². The third-order valence-corrected chi connectivity index (χ3v) is 4.74. The minimum absolute atomic E-state index is 0.00916. The number of hydrogen-bond donors (Lipinski definition) is 0. The highest BCUT2D eigenvalue weighted by Crippen LogP contribution is 2.33. The number of aryl methyl sites for hydroxylation is 1. The number of halogens is 4. The average molecular weight is 411 g/mol. The lowest BCUT2D eigenvalue weighted by Crippen LogP contribution is -2.10. The van der Waals surface area contributed by atoms with E-state index in [1.165, 1.54) is 6.07 Å². The van der Waals surface area contributed by atoms with E-state index < -0.39 is 11.9 Å². The molecule has 3 nitrogen and oxygen atoms in total. The minimum Gasteiger partial charge on any atom is -0.439 e. The number of alkyl halides is 3. The third-order valence-electron chi connectivity index (χ3n) is 3.61. The maximum atomic E-state index is 13.2. The number of benzene rings is 2. The molecule has 2 aromatic carbocycles.